The molecule has 0 saturated heterocycles. The minimum Gasteiger partial charge on any atom is -0.330 e. The smallest absolute Gasteiger partial charge is 0.211 e. The molecule has 0 atom stereocenters. The number of sulfonamides is 1. The lowest BCUT2D eigenvalue weighted by molar-refractivity contribution is 0.577. The van der Waals surface area contributed by atoms with Gasteiger partial charge in [-0.05, 0) is 43.5 Å². The van der Waals surface area contributed by atoms with E-state index < -0.39 is 10.0 Å². The molecule has 6 heteroatoms. The van der Waals surface area contributed by atoms with Crippen LogP contribution in [0, 0.1) is 5.82 Å². The number of nitrogens with two attached hydrogens (primary N) is 1. The molecule has 1 aromatic carbocycles. The van der Waals surface area contributed by atoms with Gasteiger partial charge in [-0.15, -0.1) is 0 Å². The number of unbranched alkanes of at least 4 members (excludes halogenated alkanes) is 1. The molecular weight excluding hydrogens is 255 g/mol. The van der Waals surface area contributed by atoms with E-state index >= 15 is 0 Å². The van der Waals surface area contributed by atoms with Crippen molar-refractivity contribution in [2.75, 3.05) is 18.8 Å². The third-order valence-corrected chi connectivity index (χ3v) is 3.99. The van der Waals surface area contributed by atoms with E-state index in [1.807, 2.05) is 0 Å². The molecule has 0 aliphatic rings. The molecular formula is C12H19FN2O2S. The first-order valence-electron chi connectivity index (χ1n) is 5.95. The average molecular weight is 274 g/mol. The lowest BCUT2D eigenvalue weighted by Crippen LogP contribution is -2.28. The van der Waals surface area contributed by atoms with Crippen molar-refractivity contribution in [2.24, 2.45) is 5.73 Å². The fourth-order valence-corrected chi connectivity index (χ4v) is 2.65. The Morgan fingerprint density at radius 3 is 2.44 bits per heavy atom. The largest absolute Gasteiger partial charge is 0.330 e. The van der Waals surface area contributed by atoms with Gasteiger partial charge in [-0.1, -0.05) is 12.1 Å². The number of halogens is 1. The van der Waals surface area contributed by atoms with Gasteiger partial charge in [0.25, 0.3) is 0 Å². The Morgan fingerprint density at radius 2 is 1.83 bits per heavy atom. The van der Waals surface area contributed by atoms with E-state index in [4.69, 9.17) is 5.73 Å². The Bertz CT molecular complexity index is 446. The second kappa shape index (κ2) is 7.45. The maximum Gasteiger partial charge on any atom is 0.211 e. The van der Waals surface area contributed by atoms with Gasteiger partial charge in [0.2, 0.25) is 10.0 Å². The summed E-state index contributed by atoms with van der Waals surface area (Å²) in [6, 6.07) is 6.03. The third kappa shape index (κ3) is 6.09. The monoisotopic (exact) mass is 274 g/mol. The molecule has 4 nitrogen and oxygen atoms in total. The molecule has 1 rings (SSSR count). The van der Waals surface area contributed by atoms with Gasteiger partial charge in [0.05, 0.1) is 5.75 Å². The zero-order valence-corrected chi connectivity index (χ0v) is 11.0. The molecule has 0 heterocycles. The van der Waals surface area contributed by atoms with Gasteiger partial charge in [0.1, 0.15) is 5.82 Å². The zero-order valence-electron chi connectivity index (χ0n) is 10.2. The van der Waals surface area contributed by atoms with E-state index in [2.05, 4.69) is 4.72 Å². The second-order valence-electron chi connectivity index (χ2n) is 4.09. The van der Waals surface area contributed by atoms with Crippen molar-refractivity contribution in [3.63, 3.8) is 0 Å². The summed E-state index contributed by atoms with van der Waals surface area (Å²) >= 11 is 0. The highest BCUT2D eigenvalue weighted by molar-refractivity contribution is 7.89. The van der Waals surface area contributed by atoms with Crippen LogP contribution in [0.4, 0.5) is 4.39 Å². The molecule has 0 aliphatic carbocycles. The number of nitrogens with one attached hydrogen (secondary N) is 1. The Labute approximate surface area is 107 Å². The summed E-state index contributed by atoms with van der Waals surface area (Å²) in [4.78, 5) is 0. The van der Waals surface area contributed by atoms with E-state index in [-0.39, 0.29) is 11.6 Å². The van der Waals surface area contributed by atoms with Crippen LogP contribution >= 0.6 is 0 Å². The van der Waals surface area contributed by atoms with Crippen molar-refractivity contribution in [2.45, 2.75) is 19.3 Å². The molecule has 0 unspecified atom stereocenters. The van der Waals surface area contributed by atoms with Crippen molar-refractivity contribution < 1.29 is 12.8 Å². The van der Waals surface area contributed by atoms with Crippen LogP contribution in [-0.2, 0) is 16.4 Å². The highest BCUT2D eigenvalue weighted by Crippen LogP contribution is 2.03. The molecule has 102 valence electrons. The predicted octanol–water partition coefficient (Wildman–Crippen LogP) is 1.03. The molecule has 0 radical (unpaired) electrons. The second-order valence-corrected chi connectivity index (χ2v) is 6.01. The van der Waals surface area contributed by atoms with Crippen molar-refractivity contribution in [3.05, 3.63) is 35.6 Å². The molecule has 1 aromatic rings. The van der Waals surface area contributed by atoms with Gasteiger partial charge in [0, 0.05) is 6.54 Å². The molecule has 0 saturated carbocycles. The highest BCUT2D eigenvalue weighted by Gasteiger charge is 2.08. The zero-order chi connectivity index (χ0) is 13.4. The molecule has 0 aromatic heterocycles. The van der Waals surface area contributed by atoms with Crippen LogP contribution < -0.4 is 10.5 Å². The van der Waals surface area contributed by atoms with Crippen LogP contribution in [0.3, 0.4) is 0 Å². The predicted molar refractivity (Wildman–Crippen MR) is 70.2 cm³/mol. The maximum atomic E-state index is 12.6. The standard InChI is InChI=1S/C12H19FN2O2S/c13-12-5-3-11(4-6-12)7-9-15-18(16,17)10-2-1-8-14/h3-6,15H,1-2,7-10,14H2. The summed E-state index contributed by atoms with van der Waals surface area (Å²) < 4.78 is 38.2. The van der Waals surface area contributed by atoms with Crippen molar-refractivity contribution >= 4 is 10.0 Å². The van der Waals surface area contributed by atoms with E-state index in [9.17, 15) is 12.8 Å². The Hall–Kier alpha value is -0.980. The minimum atomic E-state index is -3.21. The number of hydrogen-bond acceptors (Lipinski definition) is 3. The molecule has 0 amide bonds. The lowest BCUT2D eigenvalue weighted by Gasteiger charge is -2.06. The molecule has 3 N–H and O–H groups in total. The third-order valence-electron chi connectivity index (χ3n) is 2.52. The van der Waals surface area contributed by atoms with E-state index in [0.717, 1.165) is 5.56 Å². The van der Waals surface area contributed by atoms with Gasteiger partial charge in [-0.3, -0.25) is 0 Å². The van der Waals surface area contributed by atoms with Gasteiger partial charge >= 0.3 is 0 Å². The number of hydrogen-bond donors (Lipinski definition) is 2. The number of rotatable bonds is 8. The Balaban J connectivity index is 2.30. The summed E-state index contributed by atoms with van der Waals surface area (Å²) in [5, 5.41) is 0. The minimum absolute atomic E-state index is 0.105. The van der Waals surface area contributed by atoms with Gasteiger partial charge in [-0.25, -0.2) is 17.5 Å². The van der Waals surface area contributed by atoms with Gasteiger partial charge < -0.3 is 5.73 Å². The maximum absolute atomic E-state index is 12.6. The van der Waals surface area contributed by atoms with E-state index in [1.165, 1.54) is 12.1 Å². The Kier molecular flexibility index (Phi) is 6.24. The average Bonchev–Trinajstić information content (AvgIpc) is 2.32. The normalized spacial score (nSPS) is 11.7. The van der Waals surface area contributed by atoms with Crippen LogP contribution in [0.1, 0.15) is 18.4 Å². The summed E-state index contributed by atoms with van der Waals surface area (Å²) in [7, 11) is -3.21. The summed E-state index contributed by atoms with van der Waals surface area (Å²) in [5.41, 5.74) is 6.20. The van der Waals surface area contributed by atoms with Crippen LogP contribution in [0.15, 0.2) is 24.3 Å². The first kappa shape index (κ1) is 15.1. The SMILES string of the molecule is NCCCCS(=O)(=O)NCCc1ccc(F)cc1. The fourth-order valence-electron chi connectivity index (χ4n) is 1.51. The van der Waals surface area contributed by atoms with Gasteiger partial charge in [-0.2, -0.15) is 0 Å². The van der Waals surface area contributed by atoms with Crippen molar-refractivity contribution in [3.8, 4) is 0 Å². The van der Waals surface area contributed by atoms with Crippen molar-refractivity contribution in [1.82, 2.24) is 4.72 Å². The molecule has 18 heavy (non-hydrogen) atoms. The van der Waals surface area contributed by atoms with E-state index in [1.54, 1.807) is 12.1 Å². The lowest BCUT2D eigenvalue weighted by atomic mass is 10.1. The van der Waals surface area contributed by atoms with Crippen LogP contribution in [0.5, 0.6) is 0 Å². The van der Waals surface area contributed by atoms with Crippen molar-refractivity contribution in [1.29, 1.82) is 0 Å². The molecule has 0 bridgehead atoms. The quantitative estimate of drug-likeness (QED) is 0.695. The Morgan fingerprint density at radius 1 is 1.17 bits per heavy atom. The summed E-state index contributed by atoms with van der Waals surface area (Å²) in [6.45, 7) is 0.835. The first-order valence-corrected chi connectivity index (χ1v) is 7.60. The summed E-state index contributed by atoms with van der Waals surface area (Å²) in [6.07, 6.45) is 1.83. The molecule has 0 fully saturated rings. The number of benzene rings is 1. The van der Waals surface area contributed by atoms with Crippen LogP contribution in [0.25, 0.3) is 0 Å². The summed E-state index contributed by atoms with van der Waals surface area (Å²) in [5.74, 6) is -0.186. The van der Waals surface area contributed by atoms with E-state index in [0.29, 0.717) is 32.4 Å². The topological polar surface area (TPSA) is 72.2 Å². The fraction of sp³-hybridized carbons (Fsp3) is 0.500. The highest BCUT2D eigenvalue weighted by atomic mass is 32.2. The first-order chi connectivity index (χ1) is 8.53. The van der Waals surface area contributed by atoms with Gasteiger partial charge in [0.15, 0.2) is 0 Å². The molecule has 0 spiro atoms. The van der Waals surface area contributed by atoms with Crippen LogP contribution in [-0.4, -0.2) is 27.3 Å². The molecule has 0 aliphatic heterocycles. The van der Waals surface area contributed by atoms with Crippen LogP contribution in [0.2, 0.25) is 0 Å².